The van der Waals surface area contributed by atoms with Crippen LogP contribution in [0.3, 0.4) is 0 Å². The summed E-state index contributed by atoms with van der Waals surface area (Å²) in [5.74, 6) is -1.27. The summed E-state index contributed by atoms with van der Waals surface area (Å²) in [5, 5.41) is 8.89. The molecule has 0 amide bonds. The first-order chi connectivity index (χ1) is 8.49. The maximum absolute atomic E-state index is 13.9. The molecule has 0 fully saturated rings. The van der Waals surface area contributed by atoms with E-state index in [1.807, 2.05) is 13.0 Å². The van der Waals surface area contributed by atoms with E-state index in [0.29, 0.717) is 5.56 Å². The lowest BCUT2D eigenvalue weighted by molar-refractivity contribution is 0.0697. The van der Waals surface area contributed by atoms with Crippen molar-refractivity contribution >= 4 is 5.97 Å². The van der Waals surface area contributed by atoms with E-state index in [9.17, 15) is 9.18 Å². The van der Waals surface area contributed by atoms with Gasteiger partial charge in [-0.05, 0) is 48.7 Å². The van der Waals surface area contributed by atoms with Crippen LogP contribution in [-0.2, 0) is 0 Å². The van der Waals surface area contributed by atoms with Gasteiger partial charge in [-0.2, -0.15) is 0 Å². The molecule has 0 atom stereocenters. The number of hydrogen-bond acceptors (Lipinski definition) is 1. The van der Waals surface area contributed by atoms with E-state index in [1.54, 1.807) is 25.1 Å². The highest BCUT2D eigenvalue weighted by atomic mass is 19.1. The monoisotopic (exact) mass is 244 g/mol. The lowest BCUT2D eigenvalue weighted by Crippen LogP contribution is -1.97. The quantitative estimate of drug-likeness (QED) is 0.872. The molecule has 0 bridgehead atoms. The lowest BCUT2D eigenvalue weighted by atomic mass is 9.97. The van der Waals surface area contributed by atoms with Crippen LogP contribution >= 0.6 is 0 Å². The minimum Gasteiger partial charge on any atom is -0.478 e. The second-order valence-electron chi connectivity index (χ2n) is 4.32. The van der Waals surface area contributed by atoms with Gasteiger partial charge in [0.1, 0.15) is 5.82 Å². The van der Waals surface area contributed by atoms with E-state index < -0.39 is 5.97 Å². The van der Waals surface area contributed by atoms with E-state index in [1.165, 1.54) is 12.1 Å². The molecule has 92 valence electrons. The fourth-order valence-electron chi connectivity index (χ4n) is 1.94. The highest BCUT2D eigenvalue weighted by Crippen LogP contribution is 2.27. The van der Waals surface area contributed by atoms with Crippen molar-refractivity contribution in [3.8, 4) is 11.1 Å². The molecule has 2 aromatic carbocycles. The van der Waals surface area contributed by atoms with Crippen LogP contribution in [0.4, 0.5) is 4.39 Å². The van der Waals surface area contributed by atoms with E-state index in [-0.39, 0.29) is 11.4 Å². The maximum Gasteiger partial charge on any atom is 0.335 e. The van der Waals surface area contributed by atoms with E-state index >= 15 is 0 Å². The Labute approximate surface area is 105 Å². The number of halogens is 1. The predicted molar refractivity (Wildman–Crippen MR) is 68.3 cm³/mol. The van der Waals surface area contributed by atoms with Gasteiger partial charge in [0, 0.05) is 5.56 Å². The van der Waals surface area contributed by atoms with Gasteiger partial charge >= 0.3 is 5.97 Å². The Balaban J connectivity index is 2.54. The third-order valence-electron chi connectivity index (χ3n) is 2.89. The highest BCUT2D eigenvalue weighted by molar-refractivity contribution is 5.89. The van der Waals surface area contributed by atoms with Gasteiger partial charge in [0.2, 0.25) is 0 Å². The summed E-state index contributed by atoms with van der Waals surface area (Å²) in [6.45, 7) is 3.61. The summed E-state index contributed by atoms with van der Waals surface area (Å²) in [4.78, 5) is 10.8. The van der Waals surface area contributed by atoms with Gasteiger partial charge in [0.05, 0.1) is 5.56 Å². The standard InChI is InChI=1S/C15H13FO2/c1-9-3-5-13(14(16)7-9)12-6-4-11(15(17)18)8-10(12)2/h3-8H,1-2H3,(H,17,18). The van der Waals surface area contributed by atoms with Crippen molar-refractivity contribution < 1.29 is 14.3 Å². The summed E-state index contributed by atoms with van der Waals surface area (Å²) in [6.07, 6.45) is 0. The van der Waals surface area contributed by atoms with Gasteiger partial charge < -0.3 is 5.11 Å². The van der Waals surface area contributed by atoms with Crippen molar-refractivity contribution in [3.05, 3.63) is 58.9 Å². The molecule has 2 nitrogen and oxygen atoms in total. The molecule has 0 radical (unpaired) electrons. The third kappa shape index (κ3) is 2.25. The predicted octanol–water partition coefficient (Wildman–Crippen LogP) is 3.81. The maximum atomic E-state index is 13.9. The van der Waals surface area contributed by atoms with Gasteiger partial charge in [-0.25, -0.2) is 9.18 Å². The number of benzene rings is 2. The summed E-state index contributed by atoms with van der Waals surface area (Å²) in [7, 11) is 0. The van der Waals surface area contributed by atoms with Crippen molar-refractivity contribution in [2.45, 2.75) is 13.8 Å². The van der Waals surface area contributed by atoms with Gasteiger partial charge in [0.15, 0.2) is 0 Å². The molecule has 0 aliphatic rings. The Morgan fingerprint density at radius 3 is 2.28 bits per heavy atom. The van der Waals surface area contributed by atoms with Crippen molar-refractivity contribution in [1.82, 2.24) is 0 Å². The molecule has 0 saturated carbocycles. The Kier molecular flexibility index (Phi) is 3.15. The van der Waals surface area contributed by atoms with Crippen LogP contribution in [0.1, 0.15) is 21.5 Å². The fraction of sp³-hybridized carbons (Fsp3) is 0.133. The molecule has 0 aromatic heterocycles. The molecule has 0 spiro atoms. The Bertz CT molecular complexity index is 618. The lowest BCUT2D eigenvalue weighted by Gasteiger charge is -2.09. The van der Waals surface area contributed by atoms with Gasteiger partial charge in [-0.15, -0.1) is 0 Å². The molecule has 0 unspecified atom stereocenters. The number of aromatic carboxylic acids is 1. The van der Waals surface area contributed by atoms with Crippen LogP contribution in [0.5, 0.6) is 0 Å². The fourth-order valence-corrected chi connectivity index (χ4v) is 1.94. The van der Waals surface area contributed by atoms with Crippen molar-refractivity contribution in [2.24, 2.45) is 0 Å². The van der Waals surface area contributed by atoms with Crippen LogP contribution in [0, 0.1) is 19.7 Å². The van der Waals surface area contributed by atoms with Crippen LogP contribution in [0.15, 0.2) is 36.4 Å². The molecule has 3 heteroatoms. The Morgan fingerprint density at radius 2 is 1.72 bits per heavy atom. The number of carbonyl (C=O) groups is 1. The topological polar surface area (TPSA) is 37.3 Å². The van der Waals surface area contributed by atoms with E-state index in [0.717, 1.165) is 16.7 Å². The average Bonchev–Trinajstić information content (AvgIpc) is 2.30. The Hall–Kier alpha value is -2.16. The zero-order chi connectivity index (χ0) is 13.3. The van der Waals surface area contributed by atoms with Crippen molar-refractivity contribution in [3.63, 3.8) is 0 Å². The van der Waals surface area contributed by atoms with Crippen molar-refractivity contribution in [2.75, 3.05) is 0 Å². The number of rotatable bonds is 2. The minimum atomic E-state index is -0.978. The number of carboxylic acids is 1. The SMILES string of the molecule is Cc1ccc(-c2ccc(C(=O)O)cc2C)c(F)c1. The van der Waals surface area contributed by atoms with Gasteiger partial charge in [-0.1, -0.05) is 18.2 Å². The van der Waals surface area contributed by atoms with Crippen LogP contribution in [0.25, 0.3) is 11.1 Å². The van der Waals surface area contributed by atoms with Crippen LogP contribution in [-0.4, -0.2) is 11.1 Å². The molecule has 1 N–H and O–H groups in total. The van der Waals surface area contributed by atoms with Crippen LogP contribution in [0.2, 0.25) is 0 Å². The molecule has 0 aliphatic heterocycles. The highest BCUT2D eigenvalue weighted by Gasteiger charge is 2.10. The normalized spacial score (nSPS) is 10.4. The second-order valence-corrected chi connectivity index (χ2v) is 4.32. The van der Waals surface area contributed by atoms with Crippen molar-refractivity contribution in [1.29, 1.82) is 0 Å². The summed E-state index contributed by atoms with van der Waals surface area (Å²) in [6, 6.07) is 9.71. The first-order valence-electron chi connectivity index (χ1n) is 5.59. The number of hydrogen-bond donors (Lipinski definition) is 1. The molecular formula is C15H13FO2. The molecular weight excluding hydrogens is 231 g/mol. The molecule has 0 aliphatic carbocycles. The molecule has 18 heavy (non-hydrogen) atoms. The number of aryl methyl sites for hydroxylation is 2. The van der Waals surface area contributed by atoms with E-state index in [2.05, 4.69) is 0 Å². The largest absolute Gasteiger partial charge is 0.478 e. The van der Waals surface area contributed by atoms with E-state index in [4.69, 9.17) is 5.11 Å². The first-order valence-corrected chi connectivity index (χ1v) is 5.59. The summed E-state index contributed by atoms with van der Waals surface area (Å²) >= 11 is 0. The first kappa shape index (κ1) is 12.3. The molecule has 0 saturated heterocycles. The Morgan fingerprint density at radius 1 is 1.06 bits per heavy atom. The second kappa shape index (κ2) is 4.61. The zero-order valence-corrected chi connectivity index (χ0v) is 10.2. The van der Waals surface area contributed by atoms with Gasteiger partial charge in [0.25, 0.3) is 0 Å². The minimum absolute atomic E-state index is 0.212. The average molecular weight is 244 g/mol. The molecule has 2 rings (SSSR count). The zero-order valence-electron chi connectivity index (χ0n) is 10.2. The third-order valence-corrected chi connectivity index (χ3v) is 2.89. The summed E-state index contributed by atoms with van der Waals surface area (Å²) in [5.41, 5.74) is 3.03. The molecule has 0 heterocycles. The summed E-state index contributed by atoms with van der Waals surface area (Å²) < 4.78 is 13.9. The van der Waals surface area contributed by atoms with Gasteiger partial charge in [-0.3, -0.25) is 0 Å². The molecule has 2 aromatic rings. The smallest absolute Gasteiger partial charge is 0.335 e. The van der Waals surface area contributed by atoms with Crippen LogP contribution < -0.4 is 0 Å². The number of carboxylic acid groups (broad SMARTS) is 1.